The van der Waals surface area contributed by atoms with Crippen molar-refractivity contribution in [2.45, 2.75) is 80.1 Å². The summed E-state index contributed by atoms with van der Waals surface area (Å²) in [6, 6.07) is 0. The van der Waals surface area contributed by atoms with Gasteiger partial charge < -0.3 is 5.11 Å². The van der Waals surface area contributed by atoms with Crippen LogP contribution in [-0.4, -0.2) is 40.0 Å². The van der Waals surface area contributed by atoms with Crippen LogP contribution in [0.1, 0.15) is 80.1 Å². The number of rotatable bonds is 4. The molecular formula is C27H34O7. The van der Waals surface area contributed by atoms with Gasteiger partial charge >= 0.3 is 5.97 Å². The largest absolute Gasteiger partial charge is 0.481 e. The molecule has 6 atom stereocenters. The summed E-state index contributed by atoms with van der Waals surface area (Å²) in [6.45, 7) is 10.6. The lowest BCUT2D eigenvalue weighted by molar-refractivity contribution is -0.155. The lowest BCUT2D eigenvalue weighted by atomic mass is 9.42. The zero-order valence-corrected chi connectivity index (χ0v) is 20.9. The van der Waals surface area contributed by atoms with Crippen LogP contribution < -0.4 is 0 Å². The molecule has 0 unspecified atom stereocenters. The number of aliphatic carboxylic acids is 1. The molecule has 2 fully saturated rings. The summed E-state index contributed by atoms with van der Waals surface area (Å²) in [6.07, 6.45) is 0.884. The molecule has 184 valence electrons. The molecule has 34 heavy (non-hydrogen) atoms. The first-order valence-electron chi connectivity index (χ1n) is 12.2. The maximum absolute atomic E-state index is 13.9. The van der Waals surface area contributed by atoms with Crippen molar-refractivity contribution in [2.24, 2.45) is 39.4 Å². The van der Waals surface area contributed by atoms with Crippen molar-refractivity contribution in [3.05, 3.63) is 11.1 Å². The van der Waals surface area contributed by atoms with E-state index >= 15 is 0 Å². The van der Waals surface area contributed by atoms with Crippen molar-refractivity contribution in [1.29, 1.82) is 0 Å². The number of carbonyl (C=O) groups excluding carboxylic acids is 5. The smallest absolute Gasteiger partial charge is 0.303 e. The molecule has 4 aliphatic rings. The van der Waals surface area contributed by atoms with E-state index in [4.69, 9.17) is 5.11 Å². The van der Waals surface area contributed by atoms with Crippen molar-refractivity contribution >= 4 is 34.9 Å². The SMILES string of the molecule is C[C@H](CCC(=O)O)[C@H]1CC(=O)[C@@]2(C)C3=C(C(=O)C(=O)[C@]12C)[C@@]1(C)CCC(=O)C(C)(C)[C@@H]1CC3=O. The highest BCUT2D eigenvalue weighted by Crippen LogP contribution is 2.68. The van der Waals surface area contributed by atoms with Gasteiger partial charge in [-0.15, -0.1) is 0 Å². The van der Waals surface area contributed by atoms with Crippen LogP contribution >= 0.6 is 0 Å². The molecule has 7 nitrogen and oxygen atoms in total. The highest BCUT2D eigenvalue weighted by molar-refractivity contribution is 6.49. The van der Waals surface area contributed by atoms with Gasteiger partial charge in [-0.25, -0.2) is 0 Å². The summed E-state index contributed by atoms with van der Waals surface area (Å²) < 4.78 is 0. The van der Waals surface area contributed by atoms with E-state index in [1.54, 1.807) is 27.7 Å². The molecule has 0 spiro atoms. The Bertz CT molecular complexity index is 1090. The van der Waals surface area contributed by atoms with E-state index in [2.05, 4.69) is 0 Å². The summed E-state index contributed by atoms with van der Waals surface area (Å²) in [4.78, 5) is 79.0. The standard InChI is InChI=1S/C27H34O7/c1-13(7-8-19(31)32)14-11-18(30)27(6)20-15(28)12-16-24(2,3)17(29)9-10-25(16,4)21(20)22(33)23(34)26(14,27)5/h13-14,16H,7-12H2,1-6H3,(H,31,32)/t13-,14-,16+,25+,26+,27+/m1/s1. The maximum atomic E-state index is 13.9. The third-order valence-electron chi connectivity index (χ3n) is 10.4. The highest BCUT2D eigenvalue weighted by atomic mass is 16.4. The predicted molar refractivity (Wildman–Crippen MR) is 122 cm³/mol. The molecule has 0 aliphatic heterocycles. The van der Waals surface area contributed by atoms with Gasteiger partial charge in [0.2, 0.25) is 11.6 Å². The molecule has 0 radical (unpaired) electrons. The Labute approximate surface area is 199 Å². The van der Waals surface area contributed by atoms with E-state index in [1.807, 2.05) is 13.8 Å². The minimum Gasteiger partial charge on any atom is -0.481 e. The van der Waals surface area contributed by atoms with Crippen LogP contribution in [0, 0.1) is 39.4 Å². The maximum Gasteiger partial charge on any atom is 0.303 e. The summed E-state index contributed by atoms with van der Waals surface area (Å²) in [5, 5.41) is 9.12. The number of Topliss-reactive ketones (excluding diaryl/α,β-unsaturated/α-hetero) is 5. The Kier molecular flexibility index (Phi) is 5.28. The number of hydrogen-bond donors (Lipinski definition) is 1. The fraction of sp³-hybridized carbons (Fsp3) is 0.704. The average Bonchev–Trinajstić information content (AvgIpc) is 2.97. The number of fused-ring (bicyclic) bond motifs is 4. The minimum absolute atomic E-state index is 0.0288. The van der Waals surface area contributed by atoms with Gasteiger partial charge in [-0.3, -0.25) is 28.8 Å². The molecule has 0 aromatic carbocycles. The normalized spacial score (nSPS) is 40.1. The van der Waals surface area contributed by atoms with Gasteiger partial charge in [0.15, 0.2) is 5.78 Å². The van der Waals surface area contributed by atoms with Gasteiger partial charge in [0, 0.05) is 47.7 Å². The van der Waals surface area contributed by atoms with Crippen molar-refractivity contribution in [3.63, 3.8) is 0 Å². The summed E-state index contributed by atoms with van der Waals surface area (Å²) in [7, 11) is 0. The Balaban J connectivity index is 1.92. The number of carboxylic acids is 1. The number of allylic oxidation sites excluding steroid dienone is 2. The van der Waals surface area contributed by atoms with Crippen LogP contribution in [0.25, 0.3) is 0 Å². The van der Waals surface area contributed by atoms with E-state index in [1.165, 1.54) is 0 Å². The molecule has 0 heterocycles. The van der Waals surface area contributed by atoms with Crippen LogP contribution in [0.3, 0.4) is 0 Å². The zero-order valence-electron chi connectivity index (χ0n) is 20.9. The van der Waals surface area contributed by atoms with E-state index in [0.29, 0.717) is 6.42 Å². The lowest BCUT2D eigenvalue weighted by Gasteiger charge is -2.57. The summed E-state index contributed by atoms with van der Waals surface area (Å²) >= 11 is 0. The highest BCUT2D eigenvalue weighted by Gasteiger charge is 2.73. The molecule has 0 bridgehead atoms. The fourth-order valence-electron chi connectivity index (χ4n) is 7.99. The van der Waals surface area contributed by atoms with E-state index in [9.17, 15) is 28.8 Å². The summed E-state index contributed by atoms with van der Waals surface area (Å²) in [5.74, 6) is -4.07. The molecular weight excluding hydrogens is 436 g/mol. The monoisotopic (exact) mass is 470 g/mol. The fourth-order valence-corrected chi connectivity index (χ4v) is 7.99. The van der Waals surface area contributed by atoms with Gasteiger partial charge in [-0.1, -0.05) is 34.6 Å². The Morgan fingerprint density at radius 1 is 0.971 bits per heavy atom. The van der Waals surface area contributed by atoms with Gasteiger partial charge in [-0.2, -0.15) is 0 Å². The van der Waals surface area contributed by atoms with E-state index in [0.717, 1.165) is 0 Å². The van der Waals surface area contributed by atoms with Crippen molar-refractivity contribution in [3.8, 4) is 0 Å². The number of carboxylic acid groups (broad SMARTS) is 1. The second kappa shape index (κ2) is 7.28. The van der Waals surface area contributed by atoms with Gasteiger partial charge in [0.1, 0.15) is 11.6 Å². The van der Waals surface area contributed by atoms with Crippen LogP contribution in [-0.2, 0) is 28.8 Å². The molecule has 0 amide bonds. The second-order valence-electron chi connectivity index (χ2n) is 12.1. The third kappa shape index (κ3) is 2.75. The topological polar surface area (TPSA) is 123 Å². The molecule has 4 aliphatic carbocycles. The van der Waals surface area contributed by atoms with E-state index < -0.39 is 51.0 Å². The quantitative estimate of drug-likeness (QED) is 0.624. The Morgan fingerprint density at radius 2 is 1.59 bits per heavy atom. The molecule has 0 saturated heterocycles. The van der Waals surface area contributed by atoms with Gasteiger partial charge in [0.05, 0.1) is 10.8 Å². The van der Waals surface area contributed by atoms with Crippen LogP contribution in [0.5, 0.6) is 0 Å². The first kappa shape index (κ1) is 24.7. The van der Waals surface area contributed by atoms with Gasteiger partial charge in [-0.05, 0) is 37.5 Å². The van der Waals surface area contributed by atoms with Crippen molar-refractivity contribution in [2.75, 3.05) is 0 Å². The van der Waals surface area contributed by atoms with E-state index in [-0.39, 0.29) is 66.5 Å². The second-order valence-corrected chi connectivity index (χ2v) is 12.1. The van der Waals surface area contributed by atoms with Crippen molar-refractivity contribution in [1.82, 2.24) is 0 Å². The third-order valence-corrected chi connectivity index (χ3v) is 10.4. The average molecular weight is 471 g/mol. The van der Waals surface area contributed by atoms with Crippen molar-refractivity contribution < 1.29 is 33.9 Å². The van der Waals surface area contributed by atoms with Crippen LogP contribution in [0.4, 0.5) is 0 Å². The predicted octanol–water partition coefficient (Wildman–Crippen LogP) is 3.52. The first-order chi connectivity index (χ1) is 15.6. The lowest BCUT2D eigenvalue weighted by Crippen LogP contribution is -2.62. The zero-order chi connectivity index (χ0) is 25.6. The molecule has 0 aromatic heterocycles. The molecule has 0 aromatic rings. The summed E-state index contributed by atoms with van der Waals surface area (Å²) in [5.41, 5.74) is -4.17. The number of hydrogen-bond acceptors (Lipinski definition) is 6. The minimum atomic E-state index is -1.44. The first-order valence-corrected chi connectivity index (χ1v) is 12.2. The molecule has 1 N–H and O–H groups in total. The Morgan fingerprint density at radius 3 is 2.18 bits per heavy atom. The molecule has 7 heteroatoms. The number of carbonyl (C=O) groups is 6. The van der Waals surface area contributed by atoms with Gasteiger partial charge in [0.25, 0.3) is 0 Å². The number of ketones is 5. The molecule has 2 saturated carbocycles. The Hall–Kier alpha value is -2.44. The molecule has 4 rings (SSSR count). The van der Waals surface area contributed by atoms with Crippen LogP contribution in [0.2, 0.25) is 0 Å². The van der Waals surface area contributed by atoms with Crippen LogP contribution in [0.15, 0.2) is 11.1 Å².